The van der Waals surface area contributed by atoms with Crippen LogP contribution in [0.15, 0.2) is 0 Å². The molecule has 21 heavy (non-hydrogen) atoms. The van der Waals surface area contributed by atoms with Crippen molar-refractivity contribution in [2.24, 2.45) is 0 Å². The molecule has 0 aliphatic rings. The Morgan fingerprint density at radius 3 is 2.14 bits per heavy atom. The molecule has 1 amide bonds. The molecule has 0 aromatic carbocycles. The molecular weight excluding hydrogens is 292 g/mol. The minimum absolute atomic E-state index is 0.0202. The molecule has 126 valence electrons. The van der Waals surface area contributed by atoms with E-state index in [1.807, 2.05) is 41.5 Å². The molecule has 0 aromatic rings. The Bertz CT molecular complexity index is 427. The van der Waals surface area contributed by atoms with Crippen molar-refractivity contribution < 1.29 is 17.9 Å². The van der Waals surface area contributed by atoms with Gasteiger partial charge in [-0.25, -0.2) is 13.2 Å². The molecule has 0 heterocycles. The fourth-order valence-electron chi connectivity index (χ4n) is 1.83. The summed E-state index contributed by atoms with van der Waals surface area (Å²) in [7, 11) is -3.00. The van der Waals surface area contributed by atoms with Gasteiger partial charge in [0.2, 0.25) is 0 Å². The summed E-state index contributed by atoms with van der Waals surface area (Å²) in [6, 6.07) is -0.125. The number of hydrogen-bond donors (Lipinski definition) is 1. The molecule has 0 aliphatic heterocycles. The normalized spacial score (nSPS) is 14.1. The van der Waals surface area contributed by atoms with Crippen LogP contribution in [0.25, 0.3) is 0 Å². The maximum absolute atomic E-state index is 12.1. The average molecular weight is 322 g/mol. The molecule has 0 saturated carbocycles. The molecule has 1 N–H and O–H groups in total. The lowest BCUT2D eigenvalue weighted by atomic mass is 10.2. The Kier molecular flexibility index (Phi) is 7.67. The van der Waals surface area contributed by atoms with E-state index in [1.165, 1.54) is 6.26 Å². The highest BCUT2D eigenvalue weighted by Gasteiger charge is 2.23. The Morgan fingerprint density at radius 2 is 1.76 bits per heavy atom. The van der Waals surface area contributed by atoms with Crippen LogP contribution in [-0.2, 0) is 14.6 Å². The number of nitrogens with zero attached hydrogens (tertiary/aromatic N) is 1. The Labute approximate surface area is 129 Å². The first-order valence-electron chi connectivity index (χ1n) is 7.22. The summed E-state index contributed by atoms with van der Waals surface area (Å²) in [5.41, 5.74) is -0.527. The number of carbonyl (C=O) groups excluding carboxylic acids is 1. The van der Waals surface area contributed by atoms with Gasteiger partial charge in [0.1, 0.15) is 15.4 Å². The topological polar surface area (TPSA) is 75.7 Å². The minimum atomic E-state index is -3.00. The van der Waals surface area contributed by atoms with E-state index >= 15 is 0 Å². The van der Waals surface area contributed by atoms with Gasteiger partial charge in [-0.3, -0.25) is 0 Å². The van der Waals surface area contributed by atoms with Crippen LogP contribution in [0.4, 0.5) is 4.79 Å². The van der Waals surface area contributed by atoms with Crippen molar-refractivity contribution in [2.45, 2.75) is 59.2 Å². The van der Waals surface area contributed by atoms with Gasteiger partial charge in [-0.1, -0.05) is 0 Å². The van der Waals surface area contributed by atoms with Crippen molar-refractivity contribution in [1.29, 1.82) is 0 Å². The summed E-state index contributed by atoms with van der Waals surface area (Å²) in [5.74, 6) is 0.0844. The quantitative estimate of drug-likeness (QED) is 0.771. The highest BCUT2D eigenvalue weighted by Crippen LogP contribution is 2.11. The number of hydrogen-bond acceptors (Lipinski definition) is 5. The Hall–Kier alpha value is -0.820. The van der Waals surface area contributed by atoms with Crippen molar-refractivity contribution in [3.63, 3.8) is 0 Å². The smallest absolute Gasteiger partial charge is 0.410 e. The number of rotatable bonds is 7. The van der Waals surface area contributed by atoms with Crippen molar-refractivity contribution in [1.82, 2.24) is 10.2 Å². The lowest BCUT2D eigenvalue weighted by Gasteiger charge is -2.30. The van der Waals surface area contributed by atoms with Crippen LogP contribution in [0.1, 0.15) is 41.5 Å². The Morgan fingerprint density at radius 1 is 1.24 bits per heavy atom. The molecule has 0 spiro atoms. The molecule has 0 saturated heterocycles. The number of nitrogens with one attached hydrogen (secondary N) is 1. The summed E-state index contributed by atoms with van der Waals surface area (Å²) < 4.78 is 27.7. The first kappa shape index (κ1) is 20.2. The van der Waals surface area contributed by atoms with Crippen molar-refractivity contribution in [3.8, 4) is 0 Å². The first-order valence-corrected chi connectivity index (χ1v) is 9.28. The third-order valence-corrected chi connectivity index (χ3v) is 3.76. The maximum Gasteiger partial charge on any atom is 0.410 e. The molecular formula is C14H30N2O4S. The monoisotopic (exact) mass is 322 g/mol. The van der Waals surface area contributed by atoms with E-state index in [0.29, 0.717) is 13.1 Å². The lowest BCUT2D eigenvalue weighted by molar-refractivity contribution is 0.0192. The number of amides is 1. The third-order valence-electron chi connectivity index (χ3n) is 2.65. The third kappa shape index (κ3) is 10.5. The van der Waals surface area contributed by atoms with Crippen LogP contribution in [0.3, 0.4) is 0 Å². The van der Waals surface area contributed by atoms with Gasteiger partial charge >= 0.3 is 6.09 Å². The molecule has 0 bridgehead atoms. The molecule has 0 fully saturated rings. The number of carbonyl (C=O) groups is 1. The van der Waals surface area contributed by atoms with Crippen LogP contribution < -0.4 is 5.32 Å². The van der Waals surface area contributed by atoms with E-state index in [2.05, 4.69) is 5.32 Å². The van der Waals surface area contributed by atoms with Crippen LogP contribution >= 0.6 is 0 Å². The minimum Gasteiger partial charge on any atom is -0.444 e. The molecule has 6 nitrogen and oxygen atoms in total. The fraction of sp³-hybridized carbons (Fsp3) is 0.929. The Balaban J connectivity index is 4.38. The van der Waals surface area contributed by atoms with Crippen LogP contribution in [0.2, 0.25) is 0 Å². The second-order valence-electron chi connectivity index (χ2n) is 6.72. The van der Waals surface area contributed by atoms with Crippen molar-refractivity contribution in [2.75, 3.05) is 25.1 Å². The molecule has 1 atom stereocenters. The summed E-state index contributed by atoms with van der Waals surface area (Å²) in [4.78, 5) is 13.7. The zero-order chi connectivity index (χ0) is 16.8. The van der Waals surface area contributed by atoms with Crippen LogP contribution in [0.5, 0.6) is 0 Å². The zero-order valence-electron chi connectivity index (χ0n) is 14.3. The zero-order valence-corrected chi connectivity index (χ0v) is 15.1. The molecule has 7 heteroatoms. The predicted molar refractivity (Wildman–Crippen MR) is 85.3 cm³/mol. The van der Waals surface area contributed by atoms with Crippen LogP contribution in [-0.4, -0.2) is 62.2 Å². The second-order valence-corrected chi connectivity index (χ2v) is 8.90. The van der Waals surface area contributed by atoms with E-state index in [-0.39, 0.29) is 23.9 Å². The van der Waals surface area contributed by atoms with E-state index < -0.39 is 15.4 Å². The van der Waals surface area contributed by atoms with Gasteiger partial charge in [-0.15, -0.1) is 0 Å². The standard InChI is InChI=1S/C14H30N2O4S/c1-11(2)16(13(17)20-14(4,5)6)9-8-15-12(3)10-21(7,18)19/h11-12,15H,8-10H2,1-7H3. The highest BCUT2D eigenvalue weighted by atomic mass is 32.2. The van der Waals surface area contributed by atoms with Gasteiger partial charge < -0.3 is 15.0 Å². The van der Waals surface area contributed by atoms with Gasteiger partial charge in [-0.05, 0) is 41.5 Å². The van der Waals surface area contributed by atoms with E-state index in [1.54, 1.807) is 4.90 Å². The van der Waals surface area contributed by atoms with Crippen molar-refractivity contribution >= 4 is 15.9 Å². The van der Waals surface area contributed by atoms with Crippen LogP contribution in [0, 0.1) is 0 Å². The number of sulfone groups is 1. The fourth-order valence-corrected chi connectivity index (χ4v) is 2.85. The first-order chi connectivity index (χ1) is 9.32. The summed E-state index contributed by atoms with van der Waals surface area (Å²) in [6.07, 6.45) is 0.863. The van der Waals surface area contributed by atoms with Crippen molar-refractivity contribution in [3.05, 3.63) is 0 Å². The average Bonchev–Trinajstić information content (AvgIpc) is 2.18. The lowest BCUT2D eigenvalue weighted by Crippen LogP contribution is -2.45. The highest BCUT2D eigenvalue weighted by molar-refractivity contribution is 7.90. The van der Waals surface area contributed by atoms with E-state index in [4.69, 9.17) is 4.74 Å². The summed E-state index contributed by atoms with van der Waals surface area (Å²) in [5, 5.41) is 3.11. The van der Waals surface area contributed by atoms with E-state index in [0.717, 1.165) is 0 Å². The molecule has 0 aromatic heterocycles. The summed E-state index contributed by atoms with van der Waals surface area (Å²) in [6.45, 7) is 12.1. The molecule has 0 rings (SSSR count). The summed E-state index contributed by atoms with van der Waals surface area (Å²) >= 11 is 0. The van der Waals surface area contributed by atoms with E-state index in [9.17, 15) is 13.2 Å². The largest absolute Gasteiger partial charge is 0.444 e. The predicted octanol–water partition coefficient (Wildman–Crippen LogP) is 1.65. The van der Waals surface area contributed by atoms with Gasteiger partial charge in [0, 0.05) is 31.4 Å². The maximum atomic E-state index is 12.1. The van der Waals surface area contributed by atoms with Gasteiger partial charge in [-0.2, -0.15) is 0 Å². The van der Waals surface area contributed by atoms with Gasteiger partial charge in [0.15, 0.2) is 0 Å². The molecule has 1 unspecified atom stereocenters. The second kappa shape index (κ2) is 7.98. The number of ether oxygens (including phenoxy) is 1. The molecule has 0 radical (unpaired) electrons. The molecule has 0 aliphatic carbocycles. The van der Waals surface area contributed by atoms with Gasteiger partial charge in [0.25, 0.3) is 0 Å². The van der Waals surface area contributed by atoms with Gasteiger partial charge in [0.05, 0.1) is 5.75 Å². The SMILES string of the molecule is CC(CS(C)(=O)=O)NCCN(C(=O)OC(C)(C)C)C(C)C.